The van der Waals surface area contributed by atoms with E-state index in [2.05, 4.69) is 64.2 Å². The van der Waals surface area contributed by atoms with Gasteiger partial charge in [0.25, 0.3) is 0 Å². The monoisotopic (exact) mass is 468 g/mol. The average Bonchev–Trinajstić information content (AvgIpc) is 3.65. The first-order valence-electron chi connectivity index (χ1n) is 12.0. The fourth-order valence-corrected chi connectivity index (χ4v) is 4.79. The topological polar surface area (TPSA) is 70.4 Å². The van der Waals surface area contributed by atoms with Gasteiger partial charge in [-0.25, -0.2) is 4.68 Å². The molecule has 7 nitrogen and oxygen atoms in total. The van der Waals surface area contributed by atoms with Gasteiger partial charge in [-0.2, -0.15) is 0 Å². The van der Waals surface area contributed by atoms with E-state index in [1.54, 1.807) is 0 Å². The maximum Gasteiger partial charge on any atom is 0.134 e. The molecule has 0 aliphatic carbocycles. The van der Waals surface area contributed by atoms with E-state index in [0.717, 1.165) is 18.0 Å². The van der Waals surface area contributed by atoms with Crippen LogP contribution in [0.25, 0.3) is 11.1 Å². The van der Waals surface area contributed by atoms with Crippen LogP contribution in [0, 0.1) is 0 Å². The van der Waals surface area contributed by atoms with Crippen molar-refractivity contribution in [2.24, 2.45) is 0 Å². The second-order valence-electron chi connectivity index (χ2n) is 9.01. The summed E-state index contributed by atoms with van der Waals surface area (Å²) in [4.78, 5) is 0. The van der Waals surface area contributed by atoms with Crippen LogP contribution in [0.2, 0.25) is 0 Å². The van der Waals surface area contributed by atoms with Gasteiger partial charge in [-0.15, -0.1) is 5.10 Å². The highest BCUT2D eigenvalue weighted by molar-refractivity contribution is 5.63. The molecule has 1 N–H and O–H groups in total. The van der Waals surface area contributed by atoms with Crippen LogP contribution in [0.15, 0.2) is 91.1 Å². The lowest BCUT2D eigenvalue weighted by molar-refractivity contribution is 0.0619. The van der Waals surface area contributed by atoms with Crippen LogP contribution in [-0.2, 0) is 22.6 Å². The Morgan fingerprint density at radius 3 is 2.34 bits per heavy atom. The normalized spacial score (nSPS) is 23.3. The van der Waals surface area contributed by atoms with Crippen molar-refractivity contribution >= 4 is 0 Å². The minimum atomic E-state index is -0.0439. The maximum atomic E-state index is 6.15. The Labute approximate surface area is 204 Å². The summed E-state index contributed by atoms with van der Waals surface area (Å²) >= 11 is 0. The third-order valence-corrected chi connectivity index (χ3v) is 6.68. The number of para-hydroxylation sites is 1. The van der Waals surface area contributed by atoms with E-state index in [1.807, 2.05) is 47.3 Å². The number of fused-ring (bicyclic) bond motifs is 1. The van der Waals surface area contributed by atoms with Crippen LogP contribution in [0.5, 0.6) is 5.75 Å². The number of aromatic nitrogens is 3. The van der Waals surface area contributed by atoms with Crippen LogP contribution < -0.4 is 10.1 Å². The Bertz CT molecular complexity index is 1230. The first kappa shape index (κ1) is 22.0. The van der Waals surface area contributed by atoms with Gasteiger partial charge >= 0.3 is 0 Å². The van der Waals surface area contributed by atoms with Gasteiger partial charge in [0, 0.05) is 6.54 Å². The van der Waals surface area contributed by atoms with E-state index in [9.17, 15) is 0 Å². The van der Waals surface area contributed by atoms with Gasteiger partial charge in [0.15, 0.2) is 0 Å². The molecule has 4 unspecified atom stereocenters. The Hall–Kier alpha value is -3.52. The summed E-state index contributed by atoms with van der Waals surface area (Å²) in [5, 5.41) is 12.2. The largest absolute Gasteiger partial charge is 0.487 e. The van der Waals surface area contributed by atoms with E-state index in [1.165, 1.54) is 16.7 Å². The van der Waals surface area contributed by atoms with Crippen molar-refractivity contribution in [3.8, 4) is 16.9 Å². The van der Waals surface area contributed by atoms with Gasteiger partial charge in [-0.05, 0) is 28.8 Å². The van der Waals surface area contributed by atoms with Crippen molar-refractivity contribution in [1.82, 2.24) is 20.3 Å². The number of ether oxygens (including phenoxy) is 3. The summed E-state index contributed by atoms with van der Waals surface area (Å²) in [6.07, 6.45) is 1.88. The van der Waals surface area contributed by atoms with Crippen LogP contribution in [0.3, 0.4) is 0 Å². The molecule has 3 aromatic carbocycles. The van der Waals surface area contributed by atoms with Crippen molar-refractivity contribution in [2.75, 3.05) is 13.2 Å². The zero-order valence-electron chi connectivity index (χ0n) is 19.4. The summed E-state index contributed by atoms with van der Waals surface area (Å²) in [7, 11) is 0. The fraction of sp³-hybridized carbons (Fsp3) is 0.286. The molecule has 2 saturated heterocycles. The lowest BCUT2D eigenvalue weighted by atomic mass is 10.0. The Morgan fingerprint density at radius 2 is 1.54 bits per heavy atom. The van der Waals surface area contributed by atoms with Crippen molar-refractivity contribution in [1.29, 1.82) is 0 Å². The van der Waals surface area contributed by atoms with E-state index in [0.29, 0.717) is 19.8 Å². The minimum Gasteiger partial charge on any atom is -0.487 e. The molecule has 178 valence electrons. The van der Waals surface area contributed by atoms with Crippen LogP contribution in [-0.4, -0.2) is 46.5 Å². The molecule has 2 fully saturated rings. The van der Waals surface area contributed by atoms with E-state index >= 15 is 0 Å². The molecule has 0 saturated carbocycles. The smallest absolute Gasteiger partial charge is 0.134 e. The van der Waals surface area contributed by atoms with Gasteiger partial charge in [-0.3, -0.25) is 0 Å². The van der Waals surface area contributed by atoms with Gasteiger partial charge in [0.2, 0.25) is 0 Å². The lowest BCUT2D eigenvalue weighted by Crippen LogP contribution is -2.40. The molecule has 0 spiro atoms. The average molecular weight is 469 g/mol. The van der Waals surface area contributed by atoms with Crippen molar-refractivity contribution in [2.45, 2.75) is 37.4 Å². The van der Waals surface area contributed by atoms with Gasteiger partial charge in [0.1, 0.15) is 36.3 Å². The highest BCUT2D eigenvalue weighted by Crippen LogP contribution is 2.34. The predicted molar refractivity (Wildman–Crippen MR) is 132 cm³/mol. The molecule has 7 heteroatoms. The molecule has 2 aliphatic heterocycles. The molecule has 35 heavy (non-hydrogen) atoms. The second-order valence-corrected chi connectivity index (χ2v) is 9.01. The third kappa shape index (κ3) is 4.84. The fourth-order valence-electron chi connectivity index (χ4n) is 4.79. The molecule has 0 bridgehead atoms. The zero-order chi connectivity index (χ0) is 23.5. The lowest BCUT2D eigenvalue weighted by Gasteiger charge is -2.18. The molecule has 0 amide bonds. The zero-order valence-corrected chi connectivity index (χ0v) is 19.4. The third-order valence-electron chi connectivity index (χ3n) is 6.68. The summed E-state index contributed by atoms with van der Waals surface area (Å²) in [5.74, 6) is 0.814. The minimum absolute atomic E-state index is 0.00295. The molecule has 2 aliphatic rings. The number of nitrogens with one attached hydrogen (secondary N) is 1. The second kappa shape index (κ2) is 10.00. The molecule has 3 heterocycles. The summed E-state index contributed by atoms with van der Waals surface area (Å²) in [6.45, 7) is 2.32. The first-order valence-corrected chi connectivity index (χ1v) is 12.0. The van der Waals surface area contributed by atoms with Crippen molar-refractivity contribution in [3.63, 3.8) is 0 Å². The number of benzene rings is 3. The molecule has 4 aromatic rings. The van der Waals surface area contributed by atoms with E-state index in [4.69, 9.17) is 14.2 Å². The Morgan fingerprint density at radius 1 is 0.829 bits per heavy atom. The highest BCUT2D eigenvalue weighted by Gasteiger charge is 2.48. The summed E-state index contributed by atoms with van der Waals surface area (Å²) in [6, 6.07) is 29.0. The number of nitrogens with zero attached hydrogens (tertiary/aromatic N) is 3. The van der Waals surface area contributed by atoms with Crippen molar-refractivity contribution < 1.29 is 14.2 Å². The first-order chi connectivity index (χ1) is 17.3. The van der Waals surface area contributed by atoms with E-state index in [-0.39, 0.29) is 24.3 Å². The molecule has 1 aromatic heterocycles. The van der Waals surface area contributed by atoms with Gasteiger partial charge < -0.3 is 19.5 Å². The SMILES string of the molecule is c1ccc(OCc2cn(C3COC4C(NCc5ccc(-c6ccccc6)cc5)COC43)nn2)cc1. The molecular formula is C28H28N4O3. The number of hydrogen-bond donors (Lipinski definition) is 1. The molecular weight excluding hydrogens is 440 g/mol. The Kier molecular flexibility index (Phi) is 6.28. The van der Waals surface area contributed by atoms with E-state index < -0.39 is 0 Å². The number of rotatable bonds is 8. The van der Waals surface area contributed by atoms with Crippen LogP contribution >= 0.6 is 0 Å². The van der Waals surface area contributed by atoms with Gasteiger partial charge in [-0.1, -0.05) is 78.0 Å². The maximum absolute atomic E-state index is 6.15. The molecule has 0 radical (unpaired) electrons. The van der Waals surface area contributed by atoms with Gasteiger partial charge in [0.05, 0.1) is 25.5 Å². The van der Waals surface area contributed by atoms with Crippen LogP contribution in [0.1, 0.15) is 17.3 Å². The standard InChI is InChI=1S/C28H28N4O3/c1-3-7-21(8-4-1)22-13-11-20(12-14-22)15-29-25-18-34-28-26(19-35-27(25)28)32-16-23(30-31-32)17-33-24-9-5-2-6-10-24/h1-14,16,25-29H,15,17-19H2. The quantitative estimate of drug-likeness (QED) is 0.421. The summed E-state index contributed by atoms with van der Waals surface area (Å²) < 4.78 is 20.0. The molecule has 6 rings (SSSR count). The summed E-state index contributed by atoms with van der Waals surface area (Å²) in [5.41, 5.74) is 4.47. The number of hydrogen-bond acceptors (Lipinski definition) is 6. The predicted octanol–water partition coefficient (Wildman–Crippen LogP) is 4.02. The molecule has 4 atom stereocenters. The van der Waals surface area contributed by atoms with Crippen molar-refractivity contribution in [3.05, 3.63) is 102 Å². The van der Waals surface area contributed by atoms with Crippen LogP contribution in [0.4, 0.5) is 0 Å². The Balaban J connectivity index is 1.03. The highest BCUT2D eigenvalue weighted by atomic mass is 16.6.